The number of hydrogen-bond donors (Lipinski definition) is 2. The van der Waals surface area contributed by atoms with Crippen molar-refractivity contribution < 1.29 is 0 Å². The summed E-state index contributed by atoms with van der Waals surface area (Å²) in [6.07, 6.45) is 3.78. The molecule has 82 valence electrons. The first-order chi connectivity index (χ1) is 7.34. The van der Waals surface area contributed by atoms with Gasteiger partial charge in [0.05, 0.1) is 11.4 Å². The van der Waals surface area contributed by atoms with Gasteiger partial charge in [0.25, 0.3) is 0 Å². The third-order valence-electron chi connectivity index (χ3n) is 3.74. The van der Waals surface area contributed by atoms with Crippen molar-refractivity contribution >= 4 is 0 Å². The van der Waals surface area contributed by atoms with Gasteiger partial charge >= 0.3 is 0 Å². The summed E-state index contributed by atoms with van der Waals surface area (Å²) in [6.45, 7) is 3.20. The lowest BCUT2D eigenvalue weighted by Crippen LogP contribution is -2.27. The number of H-pyrrole nitrogens is 1. The molecule has 0 amide bonds. The van der Waals surface area contributed by atoms with Gasteiger partial charge in [-0.25, -0.2) is 0 Å². The SMILES string of the molecule is CN1CCCC1Cc1n[nH]c2c1CNC2. The van der Waals surface area contributed by atoms with Crippen LogP contribution in [0.2, 0.25) is 0 Å². The van der Waals surface area contributed by atoms with E-state index >= 15 is 0 Å². The van der Waals surface area contributed by atoms with Gasteiger partial charge in [-0.1, -0.05) is 0 Å². The largest absolute Gasteiger partial charge is 0.307 e. The van der Waals surface area contributed by atoms with Crippen LogP contribution in [0.25, 0.3) is 0 Å². The van der Waals surface area contributed by atoms with Crippen molar-refractivity contribution in [2.75, 3.05) is 13.6 Å². The lowest BCUT2D eigenvalue weighted by Gasteiger charge is -2.18. The molecule has 0 saturated carbocycles. The Labute approximate surface area is 90.0 Å². The van der Waals surface area contributed by atoms with Crippen molar-refractivity contribution in [2.45, 2.75) is 38.4 Å². The number of likely N-dealkylation sites (tertiary alicyclic amines) is 1. The Kier molecular flexibility index (Phi) is 2.25. The van der Waals surface area contributed by atoms with Crippen LogP contribution in [-0.2, 0) is 19.5 Å². The molecule has 2 aliphatic rings. The van der Waals surface area contributed by atoms with Gasteiger partial charge in [-0.15, -0.1) is 0 Å². The fraction of sp³-hybridized carbons (Fsp3) is 0.727. The van der Waals surface area contributed by atoms with Gasteiger partial charge in [0.1, 0.15) is 0 Å². The van der Waals surface area contributed by atoms with E-state index in [1.165, 1.54) is 36.3 Å². The average Bonchev–Trinajstić information content (AvgIpc) is 2.86. The lowest BCUT2D eigenvalue weighted by atomic mass is 10.1. The highest BCUT2D eigenvalue weighted by Gasteiger charge is 2.25. The van der Waals surface area contributed by atoms with Crippen LogP contribution in [0, 0.1) is 0 Å². The van der Waals surface area contributed by atoms with E-state index in [9.17, 15) is 0 Å². The third kappa shape index (κ3) is 1.58. The molecule has 2 N–H and O–H groups in total. The molecule has 1 fully saturated rings. The Balaban J connectivity index is 1.76. The van der Waals surface area contributed by atoms with E-state index in [-0.39, 0.29) is 0 Å². The molecule has 4 heteroatoms. The highest BCUT2D eigenvalue weighted by Crippen LogP contribution is 2.23. The van der Waals surface area contributed by atoms with Gasteiger partial charge in [0.15, 0.2) is 0 Å². The third-order valence-corrected chi connectivity index (χ3v) is 3.74. The Morgan fingerprint density at radius 1 is 1.47 bits per heavy atom. The van der Waals surface area contributed by atoms with E-state index in [0.29, 0.717) is 6.04 Å². The maximum absolute atomic E-state index is 4.44. The van der Waals surface area contributed by atoms with Crippen molar-refractivity contribution in [3.05, 3.63) is 17.0 Å². The van der Waals surface area contributed by atoms with Crippen molar-refractivity contribution in [3.63, 3.8) is 0 Å². The summed E-state index contributed by atoms with van der Waals surface area (Å²) in [5.41, 5.74) is 4.01. The topological polar surface area (TPSA) is 44.0 Å². The van der Waals surface area contributed by atoms with E-state index in [1.54, 1.807) is 0 Å². The second-order valence-corrected chi connectivity index (χ2v) is 4.71. The van der Waals surface area contributed by atoms with E-state index in [0.717, 1.165) is 19.5 Å². The first-order valence-electron chi connectivity index (χ1n) is 5.80. The molecule has 3 heterocycles. The van der Waals surface area contributed by atoms with E-state index in [1.807, 2.05) is 0 Å². The molecule has 2 aliphatic heterocycles. The van der Waals surface area contributed by atoms with Crippen LogP contribution < -0.4 is 5.32 Å². The Morgan fingerprint density at radius 2 is 2.40 bits per heavy atom. The number of aromatic nitrogens is 2. The monoisotopic (exact) mass is 206 g/mol. The van der Waals surface area contributed by atoms with Crippen molar-refractivity contribution in [1.29, 1.82) is 0 Å². The predicted octanol–water partition coefficient (Wildman–Crippen LogP) is 0.650. The molecule has 0 aliphatic carbocycles. The van der Waals surface area contributed by atoms with E-state index in [4.69, 9.17) is 0 Å². The van der Waals surface area contributed by atoms with Crippen LogP contribution in [0.1, 0.15) is 29.8 Å². The molecule has 3 rings (SSSR count). The zero-order valence-electron chi connectivity index (χ0n) is 9.21. The molecule has 0 radical (unpaired) electrons. The van der Waals surface area contributed by atoms with Crippen molar-refractivity contribution in [1.82, 2.24) is 20.4 Å². The fourth-order valence-corrected chi connectivity index (χ4v) is 2.74. The summed E-state index contributed by atoms with van der Waals surface area (Å²) in [4.78, 5) is 2.46. The van der Waals surface area contributed by atoms with Gasteiger partial charge in [-0.3, -0.25) is 5.10 Å². The van der Waals surface area contributed by atoms with Gasteiger partial charge in [-0.2, -0.15) is 5.10 Å². The summed E-state index contributed by atoms with van der Waals surface area (Å²) in [7, 11) is 2.22. The summed E-state index contributed by atoms with van der Waals surface area (Å²) < 4.78 is 0. The number of rotatable bonds is 2. The minimum Gasteiger partial charge on any atom is -0.307 e. The molecule has 1 aromatic rings. The normalized spacial score (nSPS) is 26.1. The first-order valence-corrected chi connectivity index (χ1v) is 5.80. The minimum absolute atomic E-state index is 0.706. The molecule has 1 saturated heterocycles. The predicted molar refractivity (Wildman–Crippen MR) is 58.5 cm³/mol. The summed E-state index contributed by atoms with van der Waals surface area (Å²) in [6, 6.07) is 0.706. The summed E-state index contributed by atoms with van der Waals surface area (Å²) in [5.74, 6) is 0. The molecule has 1 atom stereocenters. The number of likely N-dealkylation sites (N-methyl/N-ethyl adjacent to an activating group) is 1. The van der Waals surface area contributed by atoms with Gasteiger partial charge in [-0.05, 0) is 26.4 Å². The highest BCUT2D eigenvalue weighted by atomic mass is 15.2. The Hall–Kier alpha value is -0.870. The van der Waals surface area contributed by atoms with Crippen LogP contribution in [-0.4, -0.2) is 34.7 Å². The molecule has 1 aromatic heterocycles. The first kappa shape index (κ1) is 9.36. The standard InChI is InChI=1S/C11H18N4/c1-15-4-2-3-8(15)5-10-9-6-12-7-11(9)14-13-10/h8,12H,2-7H2,1H3,(H,13,14). The second kappa shape index (κ2) is 3.61. The number of fused-ring (bicyclic) bond motifs is 1. The van der Waals surface area contributed by atoms with Crippen LogP contribution in [0.5, 0.6) is 0 Å². The maximum atomic E-state index is 4.44. The van der Waals surface area contributed by atoms with Crippen molar-refractivity contribution in [3.8, 4) is 0 Å². The maximum Gasteiger partial charge on any atom is 0.0686 e. The molecule has 15 heavy (non-hydrogen) atoms. The Bertz CT molecular complexity index is 357. The van der Waals surface area contributed by atoms with Crippen LogP contribution in [0.4, 0.5) is 0 Å². The van der Waals surface area contributed by atoms with Crippen LogP contribution >= 0.6 is 0 Å². The van der Waals surface area contributed by atoms with Gasteiger partial charge in [0.2, 0.25) is 0 Å². The molecule has 0 bridgehead atoms. The molecule has 4 nitrogen and oxygen atoms in total. The fourth-order valence-electron chi connectivity index (χ4n) is 2.74. The summed E-state index contributed by atoms with van der Waals surface area (Å²) >= 11 is 0. The highest BCUT2D eigenvalue weighted by molar-refractivity contribution is 5.29. The molecule has 1 unspecified atom stereocenters. The van der Waals surface area contributed by atoms with E-state index in [2.05, 4.69) is 27.5 Å². The zero-order chi connectivity index (χ0) is 10.3. The molecule has 0 spiro atoms. The Morgan fingerprint density at radius 3 is 3.20 bits per heavy atom. The van der Waals surface area contributed by atoms with Crippen molar-refractivity contribution in [2.24, 2.45) is 0 Å². The van der Waals surface area contributed by atoms with Gasteiger partial charge < -0.3 is 10.2 Å². The number of hydrogen-bond acceptors (Lipinski definition) is 3. The second-order valence-electron chi connectivity index (χ2n) is 4.71. The summed E-state index contributed by atoms with van der Waals surface area (Å²) in [5, 5.41) is 10.9. The number of nitrogens with one attached hydrogen (secondary N) is 2. The average molecular weight is 206 g/mol. The quantitative estimate of drug-likeness (QED) is 0.746. The van der Waals surface area contributed by atoms with Gasteiger partial charge in [0, 0.05) is 31.1 Å². The molecular weight excluding hydrogens is 188 g/mol. The van der Waals surface area contributed by atoms with Crippen LogP contribution in [0.3, 0.4) is 0 Å². The molecular formula is C11H18N4. The van der Waals surface area contributed by atoms with E-state index < -0.39 is 0 Å². The molecule has 0 aromatic carbocycles. The lowest BCUT2D eigenvalue weighted by molar-refractivity contribution is 0.307. The smallest absolute Gasteiger partial charge is 0.0686 e. The minimum atomic E-state index is 0.706. The van der Waals surface area contributed by atoms with Crippen LogP contribution in [0.15, 0.2) is 0 Å². The number of nitrogens with zero attached hydrogens (tertiary/aromatic N) is 2. The number of aromatic amines is 1. The zero-order valence-corrected chi connectivity index (χ0v) is 9.21.